The van der Waals surface area contributed by atoms with Crippen LogP contribution in [0, 0.1) is 6.92 Å². The predicted octanol–water partition coefficient (Wildman–Crippen LogP) is 2.38. The number of carbonyl (C=O) groups excluding carboxylic acids is 1. The zero-order valence-electron chi connectivity index (χ0n) is 11.2. The molecule has 0 unspecified atom stereocenters. The van der Waals surface area contributed by atoms with E-state index < -0.39 is 17.7 Å². The van der Waals surface area contributed by atoms with Gasteiger partial charge in [-0.25, -0.2) is 9.59 Å². The molecule has 0 aliphatic heterocycles. The Morgan fingerprint density at radius 3 is 2.39 bits per heavy atom. The van der Waals surface area contributed by atoms with Crippen molar-refractivity contribution < 1.29 is 19.4 Å². The smallest absolute Gasteiger partial charge is 0.413 e. The normalized spacial score (nSPS) is 11.2. The number of aryl methyl sites for hydroxylation is 1. The fraction of sp³-hybridized carbons (Fsp3) is 0.500. The third kappa shape index (κ3) is 3.26. The maximum Gasteiger partial charge on any atom is 0.413 e. The van der Waals surface area contributed by atoms with Gasteiger partial charge in [0.15, 0.2) is 0 Å². The summed E-state index contributed by atoms with van der Waals surface area (Å²) in [6.07, 6.45) is -0.675. The minimum absolute atomic E-state index is 0.0425. The van der Waals surface area contributed by atoms with Crippen LogP contribution in [0.5, 0.6) is 0 Å². The van der Waals surface area contributed by atoms with Crippen LogP contribution in [0.3, 0.4) is 0 Å². The number of nitrogens with one attached hydrogen (secondary N) is 1. The van der Waals surface area contributed by atoms with Gasteiger partial charge in [-0.1, -0.05) is 0 Å². The number of aromatic nitrogens is 1. The summed E-state index contributed by atoms with van der Waals surface area (Å²) >= 11 is 0. The van der Waals surface area contributed by atoms with Gasteiger partial charge >= 0.3 is 12.1 Å². The lowest BCUT2D eigenvalue weighted by molar-refractivity contribution is 0.0635. The monoisotopic (exact) mass is 254 g/mol. The quantitative estimate of drug-likeness (QED) is 0.849. The largest absolute Gasteiger partial charge is 0.478 e. The van der Waals surface area contributed by atoms with Crippen LogP contribution in [0.4, 0.5) is 10.6 Å². The Labute approximate surface area is 106 Å². The van der Waals surface area contributed by atoms with Crippen LogP contribution in [0.15, 0.2) is 6.07 Å². The van der Waals surface area contributed by atoms with E-state index >= 15 is 0 Å². The molecule has 0 aromatic carbocycles. The average Bonchev–Trinajstić information content (AvgIpc) is 2.43. The molecule has 0 aliphatic carbocycles. The first-order valence-corrected chi connectivity index (χ1v) is 5.51. The van der Waals surface area contributed by atoms with Gasteiger partial charge in [-0.05, 0) is 33.8 Å². The molecule has 6 nitrogen and oxygen atoms in total. The summed E-state index contributed by atoms with van der Waals surface area (Å²) in [5.41, 5.74) is 0.146. The zero-order valence-corrected chi connectivity index (χ0v) is 11.2. The highest BCUT2D eigenvalue weighted by Gasteiger charge is 2.21. The highest BCUT2D eigenvalue weighted by Crippen LogP contribution is 2.21. The number of amides is 1. The summed E-state index contributed by atoms with van der Waals surface area (Å²) in [7, 11) is 1.68. The van der Waals surface area contributed by atoms with Crippen LogP contribution in [0.25, 0.3) is 0 Å². The molecule has 1 heterocycles. The molecule has 6 heteroatoms. The Morgan fingerprint density at radius 1 is 1.39 bits per heavy atom. The highest BCUT2D eigenvalue weighted by atomic mass is 16.6. The molecule has 18 heavy (non-hydrogen) atoms. The van der Waals surface area contributed by atoms with Crippen LogP contribution >= 0.6 is 0 Å². The number of rotatable bonds is 2. The third-order valence-electron chi connectivity index (χ3n) is 2.32. The molecule has 2 N–H and O–H groups in total. The summed E-state index contributed by atoms with van der Waals surface area (Å²) in [6.45, 7) is 6.97. The van der Waals surface area contributed by atoms with E-state index in [9.17, 15) is 9.59 Å². The van der Waals surface area contributed by atoms with Gasteiger partial charge < -0.3 is 14.4 Å². The number of anilines is 1. The van der Waals surface area contributed by atoms with Crippen molar-refractivity contribution in [2.24, 2.45) is 7.05 Å². The maximum atomic E-state index is 11.6. The summed E-state index contributed by atoms with van der Waals surface area (Å²) < 4.78 is 6.67. The Hall–Kier alpha value is -1.98. The standard InChI is InChI=1S/C12H18N2O4/c1-7-6-8(10(15)16)9(14(7)5)13-11(17)18-12(2,3)4/h6H,1-5H3,(H,13,17)(H,15,16). The van der Waals surface area contributed by atoms with Crippen molar-refractivity contribution in [1.82, 2.24) is 4.57 Å². The van der Waals surface area contributed by atoms with Gasteiger partial charge in [-0.3, -0.25) is 5.32 Å². The summed E-state index contributed by atoms with van der Waals surface area (Å²) in [5, 5.41) is 11.5. The Kier molecular flexibility index (Phi) is 3.69. The topological polar surface area (TPSA) is 80.6 Å². The molecule has 1 rings (SSSR count). The summed E-state index contributed by atoms with van der Waals surface area (Å²) in [6, 6.07) is 1.50. The van der Waals surface area contributed by atoms with E-state index in [0.29, 0.717) is 0 Å². The van der Waals surface area contributed by atoms with Crippen molar-refractivity contribution in [3.63, 3.8) is 0 Å². The van der Waals surface area contributed by atoms with Gasteiger partial charge in [0.1, 0.15) is 17.0 Å². The lowest BCUT2D eigenvalue weighted by Gasteiger charge is -2.20. The molecular formula is C12H18N2O4. The molecule has 0 radical (unpaired) electrons. The molecular weight excluding hydrogens is 236 g/mol. The maximum absolute atomic E-state index is 11.6. The van der Waals surface area contributed by atoms with Crippen LogP contribution in [0.1, 0.15) is 36.8 Å². The first-order valence-electron chi connectivity index (χ1n) is 5.51. The number of carboxylic acid groups (broad SMARTS) is 1. The van der Waals surface area contributed by atoms with Crippen LogP contribution < -0.4 is 5.32 Å². The molecule has 0 spiro atoms. The number of carbonyl (C=O) groups is 2. The number of carboxylic acids is 1. The molecule has 0 bridgehead atoms. The van der Waals surface area contributed by atoms with E-state index in [-0.39, 0.29) is 11.4 Å². The van der Waals surface area contributed by atoms with Crippen LogP contribution in [-0.2, 0) is 11.8 Å². The molecule has 0 saturated carbocycles. The third-order valence-corrected chi connectivity index (χ3v) is 2.32. The van der Waals surface area contributed by atoms with Gasteiger partial charge in [-0.15, -0.1) is 0 Å². The van der Waals surface area contributed by atoms with Crippen molar-refractivity contribution in [1.29, 1.82) is 0 Å². The van der Waals surface area contributed by atoms with E-state index in [1.807, 2.05) is 0 Å². The summed E-state index contributed by atoms with van der Waals surface area (Å²) in [4.78, 5) is 22.7. The van der Waals surface area contributed by atoms with Crippen molar-refractivity contribution in [3.8, 4) is 0 Å². The second-order valence-corrected chi connectivity index (χ2v) is 5.04. The van der Waals surface area contributed by atoms with Crippen molar-refractivity contribution in [2.45, 2.75) is 33.3 Å². The minimum Gasteiger partial charge on any atom is -0.478 e. The zero-order chi connectivity index (χ0) is 14.1. The Bertz CT molecular complexity index is 483. The number of aromatic carboxylic acids is 1. The Morgan fingerprint density at radius 2 is 1.94 bits per heavy atom. The second kappa shape index (κ2) is 4.72. The van der Waals surface area contributed by atoms with Crippen molar-refractivity contribution in [3.05, 3.63) is 17.3 Å². The molecule has 100 valence electrons. The van der Waals surface area contributed by atoms with E-state index in [4.69, 9.17) is 9.84 Å². The Balaban J connectivity index is 2.97. The molecule has 1 aromatic heterocycles. The van der Waals surface area contributed by atoms with E-state index in [1.165, 1.54) is 6.07 Å². The van der Waals surface area contributed by atoms with Crippen molar-refractivity contribution >= 4 is 17.9 Å². The van der Waals surface area contributed by atoms with E-state index in [0.717, 1.165) is 5.69 Å². The lowest BCUT2D eigenvalue weighted by atomic mass is 10.2. The second-order valence-electron chi connectivity index (χ2n) is 5.04. The van der Waals surface area contributed by atoms with E-state index in [2.05, 4.69) is 5.32 Å². The number of hydrogen-bond acceptors (Lipinski definition) is 3. The number of hydrogen-bond donors (Lipinski definition) is 2. The fourth-order valence-electron chi connectivity index (χ4n) is 1.45. The first-order chi connectivity index (χ1) is 8.11. The number of nitrogens with zero attached hydrogens (tertiary/aromatic N) is 1. The van der Waals surface area contributed by atoms with Crippen molar-refractivity contribution in [2.75, 3.05) is 5.32 Å². The molecule has 1 amide bonds. The molecule has 0 aliphatic rings. The predicted molar refractivity (Wildman–Crippen MR) is 67.0 cm³/mol. The lowest BCUT2D eigenvalue weighted by Crippen LogP contribution is -2.28. The fourth-order valence-corrected chi connectivity index (χ4v) is 1.45. The molecule has 1 aromatic rings. The highest BCUT2D eigenvalue weighted by molar-refractivity contribution is 5.98. The van der Waals surface area contributed by atoms with Gasteiger partial charge in [0.05, 0.1) is 0 Å². The van der Waals surface area contributed by atoms with Gasteiger partial charge in [0.2, 0.25) is 0 Å². The number of ether oxygens (including phenoxy) is 1. The summed E-state index contributed by atoms with van der Waals surface area (Å²) in [5.74, 6) is -0.876. The van der Waals surface area contributed by atoms with E-state index in [1.54, 1.807) is 39.3 Å². The molecule has 0 atom stereocenters. The van der Waals surface area contributed by atoms with Gasteiger partial charge in [0, 0.05) is 12.7 Å². The minimum atomic E-state index is -1.09. The molecule has 0 saturated heterocycles. The van der Waals surface area contributed by atoms with Gasteiger partial charge in [-0.2, -0.15) is 0 Å². The first kappa shape index (κ1) is 14.1. The van der Waals surface area contributed by atoms with Crippen LogP contribution in [-0.4, -0.2) is 27.3 Å². The van der Waals surface area contributed by atoms with Gasteiger partial charge in [0.25, 0.3) is 0 Å². The average molecular weight is 254 g/mol. The van der Waals surface area contributed by atoms with Crippen LogP contribution in [0.2, 0.25) is 0 Å². The SMILES string of the molecule is Cc1cc(C(=O)O)c(NC(=O)OC(C)(C)C)n1C. The molecule has 0 fully saturated rings.